The van der Waals surface area contributed by atoms with Crippen molar-refractivity contribution in [2.24, 2.45) is 7.05 Å². The van der Waals surface area contributed by atoms with Gasteiger partial charge in [0.2, 0.25) is 5.03 Å². The van der Waals surface area contributed by atoms with Gasteiger partial charge < -0.3 is 5.32 Å². The maximum atomic E-state index is 12.4. The van der Waals surface area contributed by atoms with Crippen molar-refractivity contribution in [1.29, 1.82) is 0 Å². The lowest BCUT2D eigenvalue weighted by molar-refractivity contribution is 0.308. The number of hydrogen-bond acceptors (Lipinski definition) is 5. The fourth-order valence-corrected chi connectivity index (χ4v) is 4.40. The molecule has 1 aliphatic rings. The van der Waals surface area contributed by atoms with E-state index in [9.17, 15) is 8.42 Å². The molecule has 17 heavy (non-hydrogen) atoms. The molecule has 2 rings (SSSR count). The highest BCUT2D eigenvalue weighted by atomic mass is 79.9. The van der Waals surface area contributed by atoms with Crippen LogP contribution in [0.5, 0.6) is 0 Å². The monoisotopic (exact) mass is 323 g/mol. The minimum Gasteiger partial charge on any atom is -0.312 e. The van der Waals surface area contributed by atoms with Crippen LogP contribution in [0.2, 0.25) is 0 Å². The van der Waals surface area contributed by atoms with Gasteiger partial charge in [0.1, 0.15) is 0 Å². The summed E-state index contributed by atoms with van der Waals surface area (Å²) in [5.41, 5.74) is 0. The smallest absolute Gasteiger partial charge is 0.263 e. The number of aromatic nitrogens is 3. The topological polar surface area (TPSA) is 80.1 Å². The second-order valence-corrected chi connectivity index (χ2v) is 6.63. The predicted octanol–water partition coefficient (Wildman–Crippen LogP) is -0.440. The summed E-state index contributed by atoms with van der Waals surface area (Å²) in [6, 6.07) is 0.151. The molecule has 7 nitrogen and oxygen atoms in total. The van der Waals surface area contributed by atoms with Crippen molar-refractivity contribution in [2.45, 2.75) is 18.0 Å². The Morgan fingerprint density at radius 1 is 1.53 bits per heavy atom. The lowest BCUT2D eigenvalue weighted by Gasteiger charge is -2.30. The second-order valence-electron chi connectivity index (χ2n) is 4.03. The molecule has 1 fully saturated rings. The van der Waals surface area contributed by atoms with Crippen LogP contribution in [0.4, 0.5) is 0 Å². The van der Waals surface area contributed by atoms with E-state index in [1.54, 1.807) is 7.05 Å². The van der Waals surface area contributed by atoms with E-state index >= 15 is 0 Å². The number of halogens is 1. The van der Waals surface area contributed by atoms with Crippen LogP contribution in [-0.4, -0.2) is 53.4 Å². The van der Waals surface area contributed by atoms with Crippen LogP contribution < -0.4 is 5.32 Å². The second kappa shape index (κ2) is 4.63. The number of nitrogens with zero attached hydrogens (tertiary/aromatic N) is 4. The van der Waals surface area contributed by atoms with Gasteiger partial charge in [-0.25, -0.2) is 13.1 Å². The third kappa shape index (κ3) is 2.37. The van der Waals surface area contributed by atoms with E-state index in [4.69, 9.17) is 0 Å². The standard InChI is InChI=1S/C8H14BrN5O2S/c1-6-5-14(4-3-10-6)17(15,16)8-7(9)11-12-13(8)2/h6,10H,3-5H2,1-2H3/t6-/m0/s1. The fraction of sp³-hybridized carbons (Fsp3) is 0.750. The third-order valence-electron chi connectivity index (χ3n) is 2.65. The van der Waals surface area contributed by atoms with Gasteiger partial charge in [-0.1, -0.05) is 5.21 Å². The summed E-state index contributed by atoms with van der Waals surface area (Å²) in [6.07, 6.45) is 0. The van der Waals surface area contributed by atoms with Crippen LogP contribution >= 0.6 is 15.9 Å². The van der Waals surface area contributed by atoms with E-state index in [1.165, 1.54) is 8.99 Å². The Morgan fingerprint density at radius 2 is 2.24 bits per heavy atom. The zero-order valence-corrected chi connectivity index (χ0v) is 12.0. The molecule has 0 aliphatic carbocycles. The highest BCUT2D eigenvalue weighted by Crippen LogP contribution is 2.22. The van der Waals surface area contributed by atoms with Gasteiger partial charge in [0.25, 0.3) is 10.0 Å². The van der Waals surface area contributed by atoms with Crippen LogP contribution in [0.15, 0.2) is 9.63 Å². The Hall–Kier alpha value is -0.510. The summed E-state index contributed by atoms with van der Waals surface area (Å²) in [5.74, 6) is 0. The molecule has 0 unspecified atom stereocenters. The number of aryl methyl sites for hydroxylation is 1. The van der Waals surface area contributed by atoms with Crippen molar-refractivity contribution >= 4 is 26.0 Å². The lowest BCUT2D eigenvalue weighted by Crippen LogP contribution is -2.51. The summed E-state index contributed by atoms with van der Waals surface area (Å²) >= 11 is 3.12. The van der Waals surface area contributed by atoms with Crippen LogP contribution in [0.1, 0.15) is 6.92 Å². The summed E-state index contributed by atoms with van der Waals surface area (Å²) < 4.78 is 27.8. The van der Waals surface area contributed by atoms with Crippen LogP contribution in [-0.2, 0) is 17.1 Å². The average molecular weight is 324 g/mol. The first kappa shape index (κ1) is 12.9. The molecular weight excluding hydrogens is 310 g/mol. The Morgan fingerprint density at radius 3 is 2.76 bits per heavy atom. The van der Waals surface area contributed by atoms with Gasteiger partial charge in [-0.05, 0) is 22.9 Å². The fourth-order valence-electron chi connectivity index (χ4n) is 1.83. The average Bonchev–Trinajstić information content (AvgIpc) is 2.59. The molecule has 1 aliphatic heterocycles. The molecule has 0 aromatic carbocycles. The van der Waals surface area contributed by atoms with E-state index in [1.807, 2.05) is 6.92 Å². The Labute approximate surface area is 108 Å². The summed E-state index contributed by atoms with van der Waals surface area (Å²) in [7, 11) is -1.96. The van der Waals surface area contributed by atoms with E-state index in [0.717, 1.165) is 0 Å². The molecule has 0 spiro atoms. The normalized spacial score (nSPS) is 22.9. The van der Waals surface area contributed by atoms with Gasteiger partial charge in [0.05, 0.1) is 0 Å². The van der Waals surface area contributed by atoms with E-state index in [0.29, 0.717) is 19.6 Å². The lowest BCUT2D eigenvalue weighted by atomic mass is 10.3. The molecule has 96 valence electrons. The van der Waals surface area contributed by atoms with Crippen molar-refractivity contribution < 1.29 is 8.42 Å². The molecule has 1 saturated heterocycles. The maximum Gasteiger partial charge on any atom is 0.263 e. The minimum atomic E-state index is -3.53. The maximum absolute atomic E-state index is 12.4. The van der Waals surface area contributed by atoms with Crippen molar-refractivity contribution in [1.82, 2.24) is 24.6 Å². The molecule has 0 amide bonds. The predicted molar refractivity (Wildman–Crippen MR) is 64.9 cm³/mol. The molecule has 2 heterocycles. The first-order valence-corrected chi connectivity index (χ1v) is 7.45. The molecule has 0 saturated carbocycles. The molecule has 1 aromatic heterocycles. The van der Waals surface area contributed by atoms with Crippen LogP contribution in [0.25, 0.3) is 0 Å². The summed E-state index contributed by atoms with van der Waals surface area (Å²) in [4.78, 5) is 0. The summed E-state index contributed by atoms with van der Waals surface area (Å²) in [5, 5.41) is 10.7. The van der Waals surface area contributed by atoms with Crippen molar-refractivity contribution in [3.63, 3.8) is 0 Å². The Bertz CT molecular complexity index is 494. The van der Waals surface area contributed by atoms with Crippen LogP contribution in [0.3, 0.4) is 0 Å². The first-order chi connectivity index (χ1) is 7.93. The molecule has 1 N–H and O–H groups in total. The highest BCUT2D eigenvalue weighted by molar-refractivity contribution is 9.10. The SMILES string of the molecule is C[C@H]1CN(S(=O)(=O)c2c(Br)nnn2C)CCN1. The molecule has 1 atom stereocenters. The van der Waals surface area contributed by atoms with Crippen LogP contribution in [0, 0.1) is 0 Å². The highest BCUT2D eigenvalue weighted by Gasteiger charge is 2.33. The molecule has 9 heteroatoms. The van der Waals surface area contributed by atoms with Gasteiger partial charge >= 0.3 is 0 Å². The van der Waals surface area contributed by atoms with Gasteiger partial charge in [-0.3, -0.25) is 0 Å². The largest absolute Gasteiger partial charge is 0.312 e. The number of sulfonamides is 1. The Kier molecular flexibility index (Phi) is 3.53. The minimum absolute atomic E-state index is 0.103. The van der Waals surface area contributed by atoms with E-state index in [-0.39, 0.29) is 15.7 Å². The van der Waals surface area contributed by atoms with E-state index < -0.39 is 10.0 Å². The van der Waals surface area contributed by atoms with Gasteiger partial charge in [0, 0.05) is 32.7 Å². The zero-order valence-electron chi connectivity index (χ0n) is 9.59. The quantitative estimate of drug-likeness (QED) is 0.798. The van der Waals surface area contributed by atoms with Crippen molar-refractivity contribution in [3.05, 3.63) is 4.60 Å². The summed E-state index contributed by atoms with van der Waals surface area (Å²) in [6.45, 7) is 3.53. The molecule has 1 aromatic rings. The number of nitrogens with one attached hydrogen (secondary N) is 1. The molecule has 0 radical (unpaired) electrons. The number of hydrogen-bond donors (Lipinski definition) is 1. The molecular formula is C8H14BrN5O2S. The van der Waals surface area contributed by atoms with Gasteiger partial charge in [-0.15, -0.1) is 5.10 Å². The van der Waals surface area contributed by atoms with Crippen molar-refractivity contribution in [3.8, 4) is 0 Å². The van der Waals surface area contributed by atoms with E-state index in [2.05, 4.69) is 31.6 Å². The third-order valence-corrected chi connectivity index (χ3v) is 5.41. The van der Waals surface area contributed by atoms with Crippen molar-refractivity contribution in [2.75, 3.05) is 19.6 Å². The zero-order chi connectivity index (χ0) is 12.6. The molecule has 0 bridgehead atoms. The Balaban J connectivity index is 2.36. The number of rotatable bonds is 2. The van der Waals surface area contributed by atoms with Gasteiger partial charge in [-0.2, -0.15) is 4.31 Å². The first-order valence-electron chi connectivity index (χ1n) is 5.21. The van der Waals surface area contributed by atoms with Gasteiger partial charge in [0.15, 0.2) is 4.60 Å². The number of piperazine rings is 1.